The summed E-state index contributed by atoms with van der Waals surface area (Å²) in [5.74, 6) is 2.23. The van der Waals surface area contributed by atoms with Crippen molar-refractivity contribution in [3.63, 3.8) is 0 Å². The van der Waals surface area contributed by atoms with Crippen LogP contribution >= 0.6 is 0 Å². The Labute approximate surface area is 236 Å². The van der Waals surface area contributed by atoms with E-state index < -0.39 is 0 Å². The summed E-state index contributed by atoms with van der Waals surface area (Å²) in [4.78, 5) is 30.6. The zero-order valence-electron chi connectivity index (χ0n) is 22.1. The molecule has 1 N–H and O–H groups in total. The minimum absolute atomic E-state index is 0. The number of rotatable bonds is 5. The van der Waals surface area contributed by atoms with Crippen LogP contribution in [0.1, 0.15) is 1.43 Å². The number of hydrogen-bond donors (Lipinski definition) is 1. The van der Waals surface area contributed by atoms with Gasteiger partial charge in [0.05, 0.1) is 41.6 Å². The van der Waals surface area contributed by atoms with Gasteiger partial charge in [-0.1, -0.05) is 18.2 Å². The molecule has 0 spiro atoms. The normalized spacial score (nSPS) is 13.8. The summed E-state index contributed by atoms with van der Waals surface area (Å²) in [7, 11) is 1.66. The summed E-state index contributed by atoms with van der Waals surface area (Å²) in [6.07, 6.45) is 4.45. The summed E-state index contributed by atoms with van der Waals surface area (Å²) in [6.45, 7) is 1.59. The summed E-state index contributed by atoms with van der Waals surface area (Å²) in [5, 5.41) is 3.78. The van der Waals surface area contributed by atoms with Crippen molar-refractivity contribution in [2.24, 2.45) is 7.05 Å². The minimum atomic E-state index is -0.237. The van der Waals surface area contributed by atoms with Crippen LogP contribution in [-0.4, -0.2) is 57.7 Å². The van der Waals surface area contributed by atoms with Gasteiger partial charge in [0, 0.05) is 26.4 Å². The topological polar surface area (TPSA) is 132 Å². The molecule has 2 aromatic carbocycles. The molecule has 0 amide bonds. The lowest BCUT2D eigenvalue weighted by molar-refractivity contribution is -0.0637. The number of ether oxygens (including phenoxy) is 5. The lowest BCUT2D eigenvalue weighted by Crippen LogP contribution is -2.22. The van der Waals surface area contributed by atoms with Gasteiger partial charge in [0.25, 0.3) is 5.56 Å². The Balaban J connectivity index is 0.00000353. The van der Waals surface area contributed by atoms with Crippen molar-refractivity contribution >= 4 is 22.5 Å². The molecule has 5 aromatic rings. The van der Waals surface area contributed by atoms with E-state index in [9.17, 15) is 4.79 Å². The van der Waals surface area contributed by atoms with Gasteiger partial charge in [-0.05, 0) is 30.3 Å². The zero-order chi connectivity index (χ0) is 28.0. The first-order valence-corrected chi connectivity index (χ1v) is 12.9. The van der Waals surface area contributed by atoms with Gasteiger partial charge < -0.3 is 29.0 Å². The molecule has 6 rings (SSSR count). The van der Waals surface area contributed by atoms with Crippen LogP contribution in [0.2, 0.25) is 0 Å². The number of fused-ring (bicyclic) bond motifs is 2. The smallest absolute Gasteiger partial charge is 0.264 e. The van der Waals surface area contributed by atoms with Crippen LogP contribution in [0.3, 0.4) is 0 Å². The van der Waals surface area contributed by atoms with Crippen molar-refractivity contribution in [3.05, 3.63) is 83.7 Å². The Hall–Kier alpha value is -5.07. The average molecular weight is 557 g/mol. The number of anilines is 2. The highest BCUT2D eigenvalue weighted by atomic mass is 16.7. The molecule has 210 valence electrons. The highest BCUT2D eigenvalue weighted by Gasteiger charge is 2.16. The van der Waals surface area contributed by atoms with Gasteiger partial charge in [-0.15, -0.1) is 0 Å². The Morgan fingerprint density at radius 3 is 2.41 bits per heavy atom. The largest absolute Gasteiger partial charge is 0.487 e. The summed E-state index contributed by atoms with van der Waals surface area (Å²) >= 11 is 0. The average Bonchev–Trinajstić information content (AvgIpc) is 3.05. The van der Waals surface area contributed by atoms with Gasteiger partial charge >= 0.3 is 0 Å². The second-order valence-corrected chi connectivity index (χ2v) is 8.96. The van der Waals surface area contributed by atoms with Crippen LogP contribution in [0.4, 0.5) is 11.6 Å². The molecule has 1 aliphatic heterocycles. The van der Waals surface area contributed by atoms with E-state index in [1.807, 2.05) is 30.3 Å². The number of nitrogens with one attached hydrogen (secondary N) is 1. The molecule has 41 heavy (non-hydrogen) atoms. The first-order valence-electron chi connectivity index (χ1n) is 12.9. The van der Waals surface area contributed by atoms with Crippen molar-refractivity contribution in [1.82, 2.24) is 24.5 Å². The van der Waals surface area contributed by atoms with E-state index in [-0.39, 0.29) is 13.8 Å². The molecule has 4 heterocycles. The lowest BCUT2D eigenvalue weighted by Gasteiger charge is -2.14. The van der Waals surface area contributed by atoms with Crippen molar-refractivity contribution in [1.29, 1.82) is 0 Å². The Morgan fingerprint density at radius 2 is 1.66 bits per heavy atom. The molecule has 0 radical (unpaired) electrons. The third-order valence-corrected chi connectivity index (χ3v) is 6.23. The molecule has 12 nitrogen and oxygen atoms in total. The van der Waals surface area contributed by atoms with Crippen LogP contribution in [0, 0.1) is 0 Å². The number of nitrogens with zero attached hydrogens (tertiary/aromatic N) is 5. The third kappa shape index (κ3) is 5.93. The number of para-hydroxylation sites is 1. The van der Waals surface area contributed by atoms with Crippen LogP contribution in [-0.2, 0) is 16.5 Å². The molecule has 0 saturated heterocycles. The van der Waals surface area contributed by atoms with E-state index >= 15 is 0 Å². The number of hydrogen-bond acceptors (Lipinski definition) is 11. The van der Waals surface area contributed by atoms with Crippen molar-refractivity contribution in [2.75, 3.05) is 38.5 Å². The fourth-order valence-corrected chi connectivity index (χ4v) is 4.14. The first-order chi connectivity index (χ1) is 20.2. The maximum Gasteiger partial charge on any atom is 0.264 e. The second-order valence-electron chi connectivity index (χ2n) is 8.96. The van der Waals surface area contributed by atoms with Crippen LogP contribution < -0.4 is 25.1 Å². The predicted molar refractivity (Wildman–Crippen MR) is 152 cm³/mol. The van der Waals surface area contributed by atoms with Crippen LogP contribution in [0.25, 0.3) is 22.2 Å². The zero-order valence-corrected chi connectivity index (χ0v) is 22.1. The monoisotopic (exact) mass is 556 g/mol. The molecular weight excluding hydrogens is 528 g/mol. The standard InChI is InChI=1S/C29H26N6O6.H2/c1-35-28(36)22(16-31-29(35)34-19-5-3-2-4-6-19)23-8-7-20(15-30-23)41-27-21-13-25-26(14-24(21)32-17-33-27)40-12-10-38-18-37-9-11-39-25;/h2-8,13-17H,9-12,18H2,1H3,(H,31,34);1H. The maximum atomic E-state index is 13.1. The van der Waals surface area contributed by atoms with E-state index in [4.69, 9.17) is 23.7 Å². The fourth-order valence-electron chi connectivity index (χ4n) is 4.14. The van der Waals surface area contributed by atoms with E-state index in [1.165, 1.54) is 23.3 Å². The number of aromatic nitrogens is 5. The van der Waals surface area contributed by atoms with E-state index in [0.29, 0.717) is 77.7 Å². The van der Waals surface area contributed by atoms with Gasteiger partial charge in [-0.25, -0.2) is 15.0 Å². The van der Waals surface area contributed by atoms with Gasteiger partial charge in [-0.3, -0.25) is 14.3 Å². The van der Waals surface area contributed by atoms with Gasteiger partial charge in [0.1, 0.15) is 32.1 Å². The Bertz CT molecular complexity index is 1720. The SMILES string of the molecule is Cn1c(Nc2ccccc2)ncc(-c2ccc(Oc3ncnc4cc5c(cc34)OCCOCOCCO5)cn2)c1=O.[HH]. The predicted octanol–water partition coefficient (Wildman–Crippen LogP) is 4.33. The molecule has 0 unspecified atom stereocenters. The second kappa shape index (κ2) is 12.0. The molecule has 0 aliphatic carbocycles. The van der Waals surface area contributed by atoms with Gasteiger partial charge in [-0.2, -0.15) is 0 Å². The summed E-state index contributed by atoms with van der Waals surface area (Å²) in [5.41, 5.74) is 2.03. The minimum Gasteiger partial charge on any atom is -0.487 e. The lowest BCUT2D eigenvalue weighted by atomic mass is 10.2. The molecular formula is C29H28N6O6. The van der Waals surface area contributed by atoms with Crippen LogP contribution in [0.15, 0.2) is 78.1 Å². The van der Waals surface area contributed by atoms with Crippen molar-refractivity contribution in [3.8, 4) is 34.4 Å². The highest BCUT2D eigenvalue weighted by molar-refractivity contribution is 5.87. The quantitative estimate of drug-likeness (QED) is 0.332. The molecule has 12 heteroatoms. The first kappa shape index (κ1) is 26.2. The Morgan fingerprint density at radius 1 is 0.878 bits per heavy atom. The van der Waals surface area contributed by atoms with Gasteiger partial charge in [0.15, 0.2) is 11.5 Å². The fraction of sp³-hybridized carbons (Fsp3) is 0.207. The van der Waals surface area contributed by atoms with E-state index in [2.05, 4.69) is 25.3 Å². The number of benzene rings is 2. The molecule has 0 saturated carbocycles. The van der Waals surface area contributed by atoms with Gasteiger partial charge in [0.2, 0.25) is 11.8 Å². The van der Waals surface area contributed by atoms with Crippen molar-refractivity contribution < 1.29 is 25.1 Å². The van der Waals surface area contributed by atoms with E-state index in [1.54, 1.807) is 31.3 Å². The highest BCUT2D eigenvalue weighted by Crippen LogP contribution is 2.36. The third-order valence-electron chi connectivity index (χ3n) is 6.23. The molecule has 3 aromatic heterocycles. The molecule has 0 bridgehead atoms. The summed E-state index contributed by atoms with van der Waals surface area (Å²) in [6, 6.07) is 16.5. The molecule has 0 atom stereocenters. The summed E-state index contributed by atoms with van der Waals surface area (Å²) < 4.78 is 30.0. The number of pyridine rings is 1. The molecule has 1 aliphatic rings. The van der Waals surface area contributed by atoms with Crippen LogP contribution in [0.5, 0.6) is 23.1 Å². The Kier molecular flexibility index (Phi) is 7.65. The maximum absolute atomic E-state index is 13.1. The molecule has 0 fully saturated rings. The van der Waals surface area contributed by atoms with Crippen molar-refractivity contribution in [2.45, 2.75) is 0 Å². The van der Waals surface area contributed by atoms with E-state index in [0.717, 1.165) is 5.69 Å².